The van der Waals surface area contributed by atoms with E-state index in [1.165, 1.54) is 11.3 Å². The average Bonchev–Trinajstić information content (AvgIpc) is 3.17. The number of carbonyl (C=O) groups excluding carboxylic acids is 2. The number of benzene rings is 2. The smallest absolute Gasteiger partial charge is 0.349 e. The highest BCUT2D eigenvalue weighted by atomic mass is 32.1. The van der Waals surface area contributed by atoms with Gasteiger partial charge in [0, 0.05) is 5.56 Å². The van der Waals surface area contributed by atoms with Crippen LogP contribution in [0.1, 0.15) is 33.8 Å². The molecular formula is C22H21NO3S. The van der Waals surface area contributed by atoms with E-state index in [4.69, 9.17) is 4.74 Å². The quantitative estimate of drug-likeness (QED) is 0.629. The lowest BCUT2D eigenvalue weighted by Crippen LogP contribution is -2.31. The van der Waals surface area contributed by atoms with Crippen molar-refractivity contribution in [3.63, 3.8) is 0 Å². The van der Waals surface area contributed by atoms with E-state index in [1.807, 2.05) is 79.9 Å². The van der Waals surface area contributed by atoms with Gasteiger partial charge in [0.2, 0.25) is 0 Å². The standard InChI is InChI=1S/C22H21NO3S/c1-15-8-10-18(11-9-15)19-12-13-27-21(19)22(25)26-14-20(24)23-16(2)17-6-4-3-5-7-17/h3-13,16H,14H2,1-2H3,(H,23,24)/t16-/m0/s1. The van der Waals surface area contributed by atoms with Crippen molar-refractivity contribution in [1.29, 1.82) is 0 Å². The number of rotatable bonds is 6. The van der Waals surface area contributed by atoms with Crippen LogP contribution in [0, 0.1) is 6.92 Å². The molecule has 0 bridgehead atoms. The Hall–Kier alpha value is -2.92. The van der Waals surface area contributed by atoms with Crippen LogP contribution in [0.15, 0.2) is 66.0 Å². The average molecular weight is 379 g/mol. The summed E-state index contributed by atoms with van der Waals surface area (Å²) < 4.78 is 5.23. The molecule has 0 aliphatic rings. The Bertz CT molecular complexity index is 916. The summed E-state index contributed by atoms with van der Waals surface area (Å²) in [6, 6.07) is 19.3. The van der Waals surface area contributed by atoms with Crippen LogP contribution < -0.4 is 5.32 Å². The molecule has 0 aliphatic heterocycles. The highest BCUT2D eigenvalue weighted by Gasteiger charge is 2.18. The van der Waals surface area contributed by atoms with E-state index in [9.17, 15) is 9.59 Å². The Balaban J connectivity index is 1.59. The van der Waals surface area contributed by atoms with Crippen molar-refractivity contribution in [2.75, 3.05) is 6.61 Å². The molecule has 4 nitrogen and oxygen atoms in total. The van der Waals surface area contributed by atoms with Crippen molar-refractivity contribution in [1.82, 2.24) is 5.32 Å². The van der Waals surface area contributed by atoms with Gasteiger partial charge in [0.15, 0.2) is 6.61 Å². The SMILES string of the molecule is Cc1ccc(-c2ccsc2C(=O)OCC(=O)N[C@@H](C)c2ccccc2)cc1. The second-order valence-electron chi connectivity index (χ2n) is 6.31. The number of hydrogen-bond acceptors (Lipinski definition) is 4. The van der Waals surface area contributed by atoms with Gasteiger partial charge >= 0.3 is 5.97 Å². The Morgan fingerprint density at radius 3 is 2.44 bits per heavy atom. The number of thiophene rings is 1. The van der Waals surface area contributed by atoms with E-state index in [-0.39, 0.29) is 18.6 Å². The second-order valence-corrected chi connectivity index (χ2v) is 7.22. The third kappa shape index (κ3) is 4.83. The number of hydrogen-bond donors (Lipinski definition) is 1. The lowest BCUT2D eigenvalue weighted by atomic mass is 10.1. The molecule has 0 saturated heterocycles. The van der Waals surface area contributed by atoms with E-state index in [1.54, 1.807) is 0 Å². The molecular weight excluding hydrogens is 358 g/mol. The number of carbonyl (C=O) groups is 2. The minimum Gasteiger partial charge on any atom is -0.451 e. The van der Waals surface area contributed by atoms with Crippen LogP contribution in [0.3, 0.4) is 0 Å². The molecule has 3 rings (SSSR count). The predicted octanol–water partition coefficient (Wildman–Crippen LogP) is 4.76. The van der Waals surface area contributed by atoms with Crippen LogP contribution in [0.5, 0.6) is 0 Å². The summed E-state index contributed by atoms with van der Waals surface area (Å²) in [4.78, 5) is 25.0. The molecule has 0 spiro atoms. The van der Waals surface area contributed by atoms with Gasteiger partial charge in [0.25, 0.3) is 5.91 Å². The molecule has 27 heavy (non-hydrogen) atoms. The highest BCUT2D eigenvalue weighted by Crippen LogP contribution is 2.29. The lowest BCUT2D eigenvalue weighted by molar-refractivity contribution is -0.124. The van der Waals surface area contributed by atoms with Gasteiger partial charge in [-0.25, -0.2) is 4.79 Å². The summed E-state index contributed by atoms with van der Waals surface area (Å²) in [6.07, 6.45) is 0. The molecule has 0 radical (unpaired) electrons. The van der Waals surface area contributed by atoms with E-state index >= 15 is 0 Å². The van der Waals surface area contributed by atoms with Gasteiger partial charge in [0.1, 0.15) is 4.88 Å². The van der Waals surface area contributed by atoms with Crippen molar-refractivity contribution < 1.29 is 14.3 Å². The number of esters is 1. The second kappa shape index (κ2) is 8.64. The largest absolute Gasteiger partial charge is 0.451 e. The molecule has 138 valence electrons. The van der Waals surface area contributed by atoms with Gasteiger partial charge in [-0.15, -0.1) is 11.3 Å². The summed E-state index contributed by atoms with van der Waals surface area (Å²) in [6.45, 7) is 3.60. The molecule has 1 amide bonds. The number of nitrogens with one attached hydrogen (secondary N) is 1. The Morgan fingerprint density at radius 1 is 1.04 bits per heavy atom. The van der Waals surface area contributed by atoms with E-state index in [0.29, 0.717) is 4.88 Å². The van der Waals surface area contributed by atoms with Gasteiger partial charge in [-0.1, -0.05) is 60.2 Å². The van der Waals surface area contributed by atoms with Gasteiger partial charge in [0.05, 0.1) is 6.04 Å². The molecule has 0 unspecified atom stereocenters. The fraction of sp³-hybridized carbons (Fsp3) is 0.182. The summed E-state index contributed by atoms with van der Waals surface area (Å²) in [7, 11) is 0. The van der Waals surface area contributed by atoms with Gasteiger partial charge < -0.3 is 10.1 Å². The lowest BCUT2D eigenvalue weighted by Gasteiger charge is -2.14. The maximum absolute atomic E-state index is 12.4. The molecule has 3 aromatic rings. The molecule has 5 heteroatoms. The molecule has 1 atom stereocenters. The van der Waals surface area contributed by atoms with Crippen LogP contribution in [-0.2, 0) is 9.53 Å². The van der Waals surface area contributed by atoms with Crippen LogP contribution >= 0.6 is 11.3 Å². The fourth-order valence-corrected chi connectivity index (χ4v) is 3.54. The first-order valence-corrected chi connectivity index (χ1v) is 9.58. The van der Waals surface area contributed by atoms with Crippen LogP contribution in [0.2, 0.25) is 0 Å². The van der Waals surface area contributed by atoms with Gasteiger partial charge in [-0.3, -0.25) is 4.79 Å². The third-order valence-corrected chi connectivity index (χ3v) is 5.12. The molecule has 0 saturated carbocycles. The highest BCUT2D eigenvalue weighted by molar-refractivity contribution is 7.12. The molecule has 1 N–H and O–H groups in total. The Morgan fingerprint density at radius 2 is 1.74 bits per heavy atom. The summed E-state index contributed by atoms with van der Waals surface area (Å²) in [5, 5.41) is 4.69. The third-order valence-electron chi connectivity index (χ3n) is 4.22. The van der Waals surface area contributed by atoms with Crippen LogP contribution in [0.25, 0.3) is 11.1 Å². The summed E-state index contributed by atoms with van der Waals surface area (Å²) in [5.74, 6) is -0.809. The Kier molecular flexibility index (Phi) is 6.04. The monoisotopic (exact) mass is 379 g/mol. The normalized spacial score (nSPS) is 11.6. The predicted molar refractivity (Wildman–Crippen MR) is 108 cm³/mol. The maximum Gasteiger partial charge on any atom is 0.349 e. The van der Waals surface area contributed by atoms with Crippen molar-refractivity contribution in [2.24, 2.45) is 0 Å². The first kappa shape index (κ1) is 18.9. The molecule has 2 aromatic carbocycles. The van der Waals surface area contributed by atoms with E-state index < -0.39 is 5.97 Å². The van der Waals surface area contributed by atoms with Crippen molar-refractivity contribution in [3.8, 4) is 11.1 Å². The molecule has 1 heterocycles. The summed E-state index contributed by atoms with van der Waals surface area (Å²) >= 11 is 1.31. The minimum absolute atomic E-state index is 0.151. The molecule has 0 aliphatic carbocycles. The molecule has 0 fully saturated rings. The zero-order chi connectivity index (χ0) is 19.2. The topological polar surface area (TPSA) is 55.4 Å². The summed E-state index contributed by atoms with van der Waals surface area (Å²) in [5.41, 5.74) is 3.93. The van der Waals surface area contributed by atoms with Gasteiger partial charge in [-0.2, -0.15) is 0 Å². The minimum atomic E-state index is -0.483. The van der Waals surface area contributed by atoms with Crippen LogP contribution in [-0.4, -0.2) is 18.5 Å². The zero-order valence-corrected chi connectivity index (χ0v) is 16.1. The van der Waals surface area contributed by atoms with E-state index in [0.717, 1.165) is 22.3 Å². The van der Waals surface area contributed by atoms with Crippen molar-refractivity contribution in [3.05, 3.63) is 82.0 Å². The number of aryl methyl sites for hydroxylation is 1. The fourth-order valence-electron chi connectivity index (χ4n) is 2.73. The first-order chi connectivity index (χ1) is 13.0. The molecule has 1 aromatic heterocycles. The van der Waals surface area contributed by atoms with Crippen LogP contribution in [0.4, 0.5) is 0 Å². The van der Waals surface area contributed by atoms with Crippen molar-refractivity contribution in [2.45, 2.75) is 19.9 Å². The Labute approximate surface area is 162 Å². The number of ether oxygens (including phenoxy) is 1. The zero-order valence-electron chi connectivity index (χ0n) is 15.3. The van der Waals surface area contributed by atoms with E-state index in [2.05, 4.69) is 5.32 Å². The first-order valence-electron chi connectivity index (χ1n) is 8.70. The maximum atomic E-state index is 12.4. The number of amides is 1. The van der Waals surface area contributed by atoms with Crippen molar-refractivity contribution >= 4 is 23.2 Å². The van der Waals surface area contributed by atoms with Gasteiger partial charge in [-0.05, 0) is 36.4 Å².